The third-order valence-corrected chi connectivity index (χ3v) is 5.01. The fourth-order valence-electron chi connectivity index (χ4n) is 3.67. The molecule has 1 spiro atoms. The van der Waals surface area contributed by atoms with E-state index >= 15 is 0 Å². The monoisotopic (exact) mass is 317 g/mol. The quantitative estimate of drug-likeness (QED) is 0.907. The lowest BCUT2D eigenvalue weighted by Gasteiger charge is -2.31. The van der Waals surface area contributed by atoms with Crippen molar-refractivity contribution in [1.29, 1.82) is 0 Å². The minimum Gasteiger partial charge on any atom is -0.448 e. The first-order valence-electron chi connectivity index (χ1n) is 8.65. The first-order chi connectivity index (χ1) is 11.2. The van der Waals surface area contributed by atoms with Gasteiger partial charge in [0.25, 0.3) is 5.79 Å². The van der Waals surface area contributed by atoms with Crippen LogP contribution in [0.4, 0.5) is 5.69 Å². The number of fused-ring (bicyclic) bond motifs is 1. The van der Waals surface area contributed by atoms with Gasteiger partial charge in [-0.05, 0) is 37.8 Å². The lowest BCUT2D eigenvalue weighted by Crippen LogP contribution is -2.40. The van der Waals surface area contributed by atoms with Crippen LogP contribution in [0.1, 0.15) is 44.9 Å². The molecule has 3 aliphatic rings. The zero-order valence-electron chi connectivity index (χ0n) is 13.3. The topological polar surface area (TPSA) is 56.8 Å². The largest absolute Gasteiger partial charge is 0.448 e. The smallest absolute Gasteiger partial charge is 0.251 e. The number of anilines is 1. The summed E-state index contributed by atoms with van der Waals surface area (Å²) in [4.78, 5) is 12.3. The third kappa shape index (κ3) is 3.02. The predicted octanol–water partition coefficient (Wildman–Crippen LogP) is 3.48. The van der Waals surface area contributed by atoms with E-state index in [1.807, 2.05) is 18.2 Å². The number of nitrogens with one attached hydrogen (secondary N) is 1. The van der Waals surface area contributed by atoms with Gasteiger partial charge in [0.05, 0.1) is 0 Å². The summed E-state index contributed by atoms with van der Waals surface area (Å²) in [6.07, 6.45) is 6.98. The number of rotatable bonds is 2. The highest BCUT2D eigenvalue weighted by Crippen LogP contribution is 2.46. The molecule has 1 aromatic rings. The van der Waals surface area contributed by atoms with Crippen LogP contribution in [0.15, 0.2) is 18.2 Å². The minimum atomic E-state index is -0.468. The summed E-state index contributed by atoms with van der Waals surface area (Å²) >= 11 is 0. The van der Waals surface area contributed by atoms with Gasteiger partial charge in [-0.1, -0.05) is 6.42 Å². The van der Waals surface area contributed by atoms with E-state index in [0.717, 1.165) is 55.7 Å². The number of amides is 1. The second-order valence-electron chi connectivity index (χ2n) is 6.71. The molecule has 124 valence electrons. The summed E-state index contributed by atoms with van der Waals surface area (Å²) in [7, 11) is 0. The second kappa shape index (κ2) is 6.04. The average Bonchev–Trinajstić information content (AvgIpc) is 2.93. The maximum Gasteiger partial charge on any atom is 0.251 e. The number of carbonyl (C=O) groups is 1. The van der Waals surface area contributed by atoms with Crippen LogP contribution in [-0.4, -0.2) is 24.9 Å². The number of hydrogen-bond donors (Lipinski definition) is 1. The highest BCUT2D eigenvalue weighted by molar-refractivity contribution is 5.93. The van der Waals surface area contributed by atoms with E-state index < -0.39 is 5.79 Å². The van der Waals surface area contributed by atoms with Crippen LogP contribution in [-0.2, 0) is 9.53 Å². The van der Waals surface area contributed by atoms with Crippen LogP contribution in [0.2, 0.25) is 0 Å². The Kier molecular flexibility index (Phi) is 3.89. The lowest BCUT2D eigenvalue weighted by atomic mass is 9.94. The average molecular weight is 317 g/mol. The number of hydrogen-bond acceptors (Lipinski definition) is 4. The summed E-state index contributed by atoms with van der Waals surface area (Å²) in [5.41, 5.74) is 0.775. The van der Waals surface area contributed by atoms with E-state index in [4.69, 9.17) is 14.2 Å². The molecule has 1 saturated carbocycles. The van der Waals surface area contributed by atoms with Crippen LogP contribution >= 0.6 is 0 Å². The molecule has 1 saturated heterocycles. The molecule has 1 N–H and O–H groups in total. The van der Waals surface area contributed by atoms with Crippen LogP contribution in [0.5, 0.6) is 11.5 Å². The van der Waals surface area contributed by atoms with E-state index in [-0.39, 0.29) is 11.8 Å². The zero-order valence-corrected chi connectivity index (χ0v) is 13.3. The van der Waals surface area contributed by atoms with Crippen LogP contribution < -0.4 is 14.8 Å². The molecule has 5 nitrogen and oxygen atoms in total. The molecule has 2 fully saturated rings. The summed E-state index contributed by atoms with van der Waals surface area (Å²) in [5.74, 6) is 1.18. The normalized spacial score (nSPS) is 23.0. The number of ether oxygens (including phenoxy) is 3. The van der Waals surface area contributed by atoms with Crippen LogP contribution in [0.25, 0.3) is 0 Å². The maximum absolute atomic E-state index is 12.3. The molecule has 0 radical (unpaired) electrons. The van der Waals surface area contributed by atoms with E-state index in [1.165, 1.54) is 6.42 Å². The Hall–Kier alpha value is -1.75. The molecule has 23 heavy (non-hydrogen) atoms. The standard InChI is InChI=1S/C18H23NO4/c20-17(13-6-10-21-11-7-13)19-14-4-5-15-16(12-14)23-18(22-15)8-2-1-3-9-18/h4-5,12-13H,1-3,6-11H2,(H,19,20). The second-order valence-corrected chi connectivity index (χ2v) is 6.71. The molecule has 1 aliphatic carbocycles. The Bertz CT molecular complexity index is 589. The lowest BCUT2D eigenvalue weighted by molar-refractivity contribution is -0.122. The summed E-state index contributed by atoms with van der Waals surface area (Å²) in [5, 5.41) is 3.00. The molecule has 0 aromatic heterocycles. The highest BCUT2D eigenvalue weighted by atomic mass is 16.7. The molecular weight excluding hydrogens is 294 g/mol. The van der Waals surface area contributed by atoms with Gasteiger partial charge in [-0.25, -0.2) is 0 Å². The fourth-order valence-corrected chi connectivity index (χ4v) is 3.67. The summed E-state index contributed by atoms with van der Waals surface area (Å²) < 4.78 is 17.5. The van der Waals surface area contributed by atoms with Gasteiger partial charge in [0, 0.05) is 43.7 Å². The Morgan fingerprint density at radius 2 is 1.78 bits per heavy atom. The summed E-state index contributed by atoms with van der Waals surface area (Å²) in [6.45, 7) is 1.34. The first-order valence-corrected chi connectivity index (χ1v) is 8.65. The maximum atomic E-state index is 12.3. The van der Waals surface area contributed by atoms with Crippen molar-refractivity contribution in [3.8, 4) is 11.5 Å². The molecule has 2 aliphatic heterocycles. The molecular formula is C18H23NO4. The molecule has 0 bridgehead atoms. The molecule has 0 atom stereocenters. The molecule has 4 rings (SSSR count). The molecule has 5 heteroatoms. The number of benzene rings is 1. The summed E-state index contributed by atoms with van der Waals surface area (Å²) in [6, 6.07) is 5.68. The van der Waals surface area contributed by atoms with Gasteiger partial charge in [0.2, 0.25) is 5.91 Å². The molecule has 1 aromatic carbocycles. The Morgan fingerprint density at radius 3 is 2.57 bits per heavy atom. The Morgan fingerprint density at radius 1 is 1.04 bits per heavy atom. The first kappa shape index (κ1) is 14.8. The van der Waals surface area contributed by atoms with Crippen LogP contribution in [0, 0.1) is 5.92 Å². The van der Waals surface area contributed by atoms with Gasteiger partial charge in [-0.3, -0.25) is 4.79 Å². The fraction of sp³-hybridized carbons (Fsp3) is 0.611. The SMILES string of the molecule is O=C(Nc1ccc2c(c1)OC1(CCCCC1)O2)C1CCOCC1. The van der Waals surface area contributed by atoms with E-state index in [0.29, 0.717) is 13.2 Å². The zero-order chi connectivity index (χ0) is 15.7. The minimum absolute atomic E-state index is 0.0406. The number of carbonyl (C=O) groups excluding carboxylic acids is 1. The van der Waals surface area contributed by atoms with Gasteiger partial charge < -0.3 is 19.5 Å². The van der Waals surface area contributed by atoms with Gasteiger partial charge >= 0.3 is 0 Å². The van der Waals surface area contributed by atoms with Crippen molar-refractivity contribution in [2.75, 3.05) is 18.5 Å². The Balaban J connectivity index is 1.44. The highest BCUT2D eigenvalue weighted by Gasteiger charge is 2.42. The van der Waals surface area contributed by atoms with E-state index in [9.17, 15) is 4.79 Å². The third-order valence-electron chi connectivity index (χ3n) is 5.01. The van der Waals surface area contributed by atoms with E-state index in [1.54, 1.807) is 0 Å². The van der Waals surface area contributed by atoms with Crippen molar-refractivity contribution in [3.05, 3.63) is 18.2 Å². The van der Waals surface area contributed by atoms with E-state index in [2.05, 4.69) is 5.32 Å². The van der Waals surface area contributed by atoms with Crippen molar-refractivity contribution in [2.24, 2.45) is 5.92 Å². The van der Waals surface area contributed by atoms with Gasteiger partial charge in [0.1, 0.15) is 0 Å². The van der Waals surface area contributed by atoms with Gasteiger partial charge in [-0.15, -0.1) is 0 Å². The van der Waals surface area contributed by atoms with Gasteiger partial charge in [0.15, 0.2) is 11.5 Å². The van der Waals surface area contributed by atoms with Crippen LogP contribution in [0.3, 0.4) is 0 Å². The van der Waals surface area contributed by atoms with Gasteiger partial charge in [-0.2, -0.15) is 0 Å². The predicted molar refractivity (Wildman–Crippen MR) is 85.7 cm³/mol. The van der Waals surface area contributed by atoms with Crippen molar-refractivity contribution < 1.29 is 19.0 Å². The van der Waals surface area contributed by atoms with Crippen molar-refractivity contribution in [2.45, 2.75) is 50.7 Å². The van der Waals surface area contributed by atoms with Crippen molar-refractivity contribution >= 4 is 11.6 Å². The molecule has 2 heterocycles. The molecule has 0 unspecified atom stereocenters. The molecule has 1 amide bonds. The van der Waals surface area contributed by atoms with Crippen molar-refractivity contribution in [1.82, 2.24) is 0 Å². The van der Waals surface area contributed by atoms with Crippen molar-refractivity contribution in [3.63, 3.8) is 0 Å². The Labute approximate surface area is 136 Å².